The summed E-state index contributed by atoms with van der Waals surface area (Å²) in [6.07, 6.45) is 1.07. The minimum Gasteiger partial charge on any atom is -0.334 e. The molecule has 44 heavy (non-hydrogen) atoms. The molecule has 2 amide bonds. The van der Waals surface area contributed by atoms with Crippen LogP contribution >= 0.6 is 23.2 Å². The monoisotopic (exact) mass is 654 g/mol. The highest BCUT2D eigenvalue weighted by Gasteiger charge is 2.48. The van der Waals surface area contributed by atoms with Crippen molar-refractivity contribution >= 4 is 45.0 Å². The fourth-order valence-electron chi connectivity index (χ4n) is 6.94. The van der Waals surface area contributed by atoms with E-state index < -0.39 is 10.0 Å². The fraction of sp³-hybridized carbons (Fsp3) is 0.394. The molecular formula is C33H36Cl2N4O4S. The van der Waals surface area contributed by atoms with Crippen LogP contribution in [0.3, 0.4) is 0 Å². The van der Waals surface area contributed by atoms with Crippen molar-refractivity contribution in [1.82, 2.24) is 19.0 Å². The first-order valence-electron chi connectivity index (χ1n) is 14.9. The smallest absolute Gasteiger partial charge is 0.254 e. The lowest BCUT2D eigenvalue weighted by Crippen LogP contribution is -2.53. The number of benzene rings is 3. The van der Waals surface area contributed by atoms with Gasteiger partial charge in [0.1, 0.15) is 0 Å². The predicted octanol–water partition coefficient (Wildman–Crippen LogP) is 5.17. The summed E-state index contributed by atoms with van der Waals surface area (Å²) >= 11 is 12.6. The first-order valence-corrected chi connectivity index (χ1v) is 17.1. The molecule has 11 heteroatoms. The van der Waals surface area contributed by atoms with Crippen molar-refractivity contribution in [1.29, 1.82) is 0 Å². The second-order valence-electron chi connectivity index (χ2n) is 12.1. The molecule has 8 nitrogen and oxygen atoms in total. The highest BCUT2D eigenvalue weighted by molar-refractivity contribution is 7.89. The van der Waals surface area contributed by atoms with Crippen molar-refractivity contribution in [2.24, 2.45) is 0 Å². The van der Waals surface area contributed by atoms with Gasteiger partial charge in [0, 0.05) is 63.3 Å². The first-order chi connectivity index (χ1) is 21.0. The lowest BCUT2D eigenvalue weighted by atomic mass is 10.00. The topological polar surface area (TPSA) is 81.2 Å². The maximum atomic E-state index is 13.8. The summed E-state index contributed by atoms with van der Waals surface area (Å²) in [7, 11) is -3.54. The van der Waals surface area contributed by atoms with Gasteiger partial charge in [0.2, 0.25) is 15.9 Å². The van der Waals surface area contributed by atoms with Crippen molar-refractivity contribution in [3.05, 3.63) is 99.0 Å². The van der Waals surface area contributed by atoms with Crippen LogP contribution in [0.1, 0.15) is 45.9 Å². The number of rotatable bonds is 7. The van der Waals surface area contributed by atoms with E-state index in [0.29, 0.717) is 66.2 Å². The van der Waals surface area contributed by atoms with Crippen LogP contribution in [0, 0.1) is 13.8 Å². The molecule has 3 heterocycles. The third-order valence-electron chi connectivity index (χ3n) is 9.05. The zero-order valence-electron chi connectivity index (χ0n) is 24.8. The Morgan fingerprint density at radius 2 is 1.57 bits per heavy atom. The molecule has 232 valence electrons. The summed E-state index contributed by atoms with van der Waals surface area (Å²) in [5.41, 5.74) is 3.52. The highest BCUT2D eigenvalue weighted by Crippen LogP contribution is 2.36. The third kappa shape index (κ3) is 6.13. The Balaban J connectivity index is 1.14. The van der Waals surface area contributed by atoms with Gasteiger partial charge in [0.15, 0.2) is 0 Å². The molecule has 3 fully saturated rings. The molecule has 6 rings (SSSR count). The summed E-state index contributed by atoms with van der Waals surface area (Å²) < 4.78 is 28.1. The lowest BCUT2D eigenvalue weighted by molar-refractivity contribution is -0.136. The van der Waals surface area contributed by atoms with Crippen molar-refractivity contribution in [3.63, 3.8) is 0 Å². The number of fused-ring (bicyclic) bond motifs is 2. The molecular weight excluding hydrogens is 619 g/mol. The molecule has 3 aliphatic rings. The molecule has 3 aliphatic heterocycles. The number of halogens is 2. The van der Waals surface area contributed by atoms with E-state index in [0.717, 1.165) is 23.1 Å². The summed E-state index contributed by atoms with van der Waals surface area (Å²) in [4.78, 5) is 33.6. The molecule has 0 spiro atoms. The number of carbonyl (C=O) groups excluding carboxylic acids is 2. The number of sulfonamides is 1. The Labute approximate surface area is 269 Å². The van der Waals surface area contributed by atoms with Crippen LogP contribution in [-0.4, -0.2) is 90.6 Å². The molecule has 3 aromatic rings. The molecule has 2 bridgehead atoms. The SMILES string of the molecule is Cc1cc(C)cc(C(=O)N2CCN(C(=O)CCN3CC4CC3CN4S(=O)(=O)c3ccccc3)[C@H](c3ccc(Cl)c(Cl)c3)C2)c1. The maximum absolute atomic E-state index is 13.8. The maximum Gasteiger partial charge on any atom is 0.254 e. The van der Waals surface area contributed by atoms with Gasteiger partial charge in [-0.25, -0.2) is 8.42 Å². The normalized spacial score (nSPS) is 22.5. The average Bonchev–Trinajstić information content (AvgIpc) is 3.62. The molecule has 3 saturated heterocycles. The second kappa shape index (κ2) is 12.4. The van der Waals surface area contributed by atoms with Gasteiger partial charge in [-0.1, -0.05) is 64.7 Å². The lowest BCUT2D eigenvalue weighted by Gasteiger charge is -2.42. The van der Waals surface area contributed by atoms with E-state index >= 15 is 0 Å². The Hall–Kier alpha value is -2.95. The Morgan fingerprint density at radius 1 is 0.841 bits per heavy atom. The Kier molecular flexibility index (Phi) is 8.78. The van der Waals surface area contributed by atoms with Crippen molar-refractivity contribution < 1.29 is 18.0 Å². The number of hydrogen-bond donors (Lipinski definition) is 0. The number of hydrogen-bond acceptors (Lipinski definition) is 5. The quantitative estimate of drug-likeness (QED) is 0.351. The summed E-state index contributed by atoms with van der Waals surface area (Å²) in [5, 5.41) is 0.831. The van der Waals surface area contributed by atoms with Gasteiger partial charge < -0.3 is 9.80 Å². The number of aryl methyl sites for hydroxylation is 2. The van der Waals surface area contributed by atoms with E-state index in [1.165, 1.54) is 0 Å². The minimum absolute atomic E-state index is 0.00360. The van der Waals surface area contributed by atoms with Gasteiger partial charge in [-0.2, -0.15) is 4.31 Å². The van der Waals surface area contributed by atoms with Gasteiger partial charge in [0.25, 0.3) is 5.91 Å². The molecule has 2 unspecified atom stereocenters. The van der Waals surface area contributed by atoms with Crippen molar-refractivity contribution in [3.8, 4) is 0 Å². The van der Waals surface area contributed by atoms with Crippen LogP contribution in [0.2, 0.25) is 10.0 Å². The van der Waals surface area contributed by atoms with Gasteiger partial charge in [-0.15, -0.1) is 0 Å². The number of piperazine rings is 2. The van der Waals surface area contributed by atoms with E-state index in [-0.39, 0.29) is 29.9 Å². The van der Waals surface area contributed by atoms with E-state index in [1.807, 2.05) is 54.0 Å². The molecule has 3 aromatic carbocycles. The van der Waals surface area contributed by atoms with Crippen LogP contribution in [0.25, 0.3) is 0 Å². The van der Waals surface area contributed by atoms with Gasteiger partial charge in [0.05, 0.1) is 21.0 Å². The summed E-state index contributed by atoms with van der Waals surface area (Å²) in [6.45, 7) is 6.71. The average molecular weight is 656 g/mol. The van der Waals surface area contributed by atoms with E-state index in [4.69, 9.17) is 23.2 Å². The molecule has 0 radical (unpaired) electrons. The van der Waals surface area contributed by atoms with Crippen LogP contribution in [0.5, 0.6) is 0 Å². The molecule has 3 atom stereocenters. The predicted molar refractivity (Wildman–Crippen MR) is 171 cm³/mol. The first kappa shape index (κ1) is 31.0. The molecule has 0 aliphatic carbocycles. The van der Waals surface area contributed by atoms with Crippen LogP contribution in [-0.2, 0) is 14.8 Å². The largest absolute Gasteiger partial charge is 0.334 e. The molecule has 0 N–H and O–H groups in total. The van der Waals surface area contributed by atoms with Crippen LogP contribution in [0.4, 0.5) is 0 Å². The van der Waals surface area contributed by atoms with Crippen molar-refractivity contribution in [2.45, 2.75) is 49.7 Å². The fourth-order valence-corrected chi connectivity index (χ4v) is 8.94. The number of likely N-dealkylation sites (tertiary alicyclic amines) is 1. The summed E-state index contributed by atoms with van der Waals surface area (Å²) in [6, 6.07) is 19.4. The number of amides is 2. The molecule has 0 saturated carbocycles. The third-order valence-corrected chi connectivity index (χ3v) is 11.7. The van der Waals surface area contributed by atoms with Gasteiger partial charge in [-0.05, 0) is 62.2 Å². The van der Waals surface area contributed by atoms with Crippen LogP contribution < -0.4 is 0 Å². The highest BCUT2D eigenvalue weighted by atomic mass is 35.5. The van der Waals surface area contributed by atoms with Gasteiger partial charge >= 0.3 is 0 Å². The Morgan fingerprint density at radius 3 is 2.23 bits per heavy atom. The van der Waals surface area contributed by atoms with E-state index in [1.54, 1.807) is 40.7 Å². The zero-order valence-corrected chi connectivity index (χ0v) is 27.2. The second-order valence-corrected chi connectivity index (χ2v) is 14.8. The van der Waals surface area contributed by atoms with Gasteiger partial charge in [-0.3, -0.25) is 14.5 Å². The summed E-state index contributed by atoms with van der Waals surface area (Å²) in [5.74, 6) is -0.0619. The van der Waals surface area contributed by atoms with Crippen molar-refractivity contribution in [2.75, 3.05) is 39.3 Å². The van der Waals surface area contributed by atoms with E-state index in [9.17, 15) is 18.0 Å². The number of nitrogens with zero attached hydrogens (tertiary/aromatic N) is 4. The number of carbonyl (C=O) groups is 2. The Bertz CT molecular complexity index is 1670. The zero-order chi connectivity index (χ0) is 31.2. The van der Waals surface area contributed by atoms with E-state index in [2.05, 4.69) is 4.90 Å². The van der Waals surface area contributed by atoms with Crippen LogP contribution in [0.15, 0.2) is 71.6 Å². The minimum atomic E-state index is -3.54. The molecule has 0 aromatic heterocycles. The standard InChI is InChI=1S/C33H36Cl2N4O4S/c1-22-14-23(2)16-25(15-22)33(41)37-12-13-38(31(21-37)24-8-9-29(34)30(35)17-24)32(40)10-11-36-19-27-18-26(36)20-39(27)44(42,43)28-6-4-3-5-7-28/h3-9,14-17,26-27,31H,10-13,18-21H2,1-2H3/t26?,27?,31-/m0/s1.